The van der Waals surface area contributed by atoms with Crippen molar-refractivity contribution in [2.75, 3.05) is 0 Å². The summed E-state index contributed by atoms with van der Waals surface area (Å²) in [6.45, 7) is 1.82. The number of aliphatic carboxylic acids is 1. The number of halogens is 1. The molecule has 1 heterocycles. The second kappa shape index (κ2) is 3.59. The lowest BCUT2D eigenvalue weighted by molar-refractivity contribution is -0.137. The second-order valence-electron chi connectivity index (χ2n) is 3.44. The maximum atomic E-state index is 10.7. The van der Waals surface area contributed by atoms with Gasteiger partial charge in [-0.15, -0.1) is 0 Å². The van der Waals surface area contributed by atoms with Crippen molar-refractivity contribution in [2.24, 2.45) is 0 Å². The van der Waals surface area contributed by atoms with Crippen LogP contribution in [0.25, 0.3) is 10.9 Å². The van der Waals surface area contributed by atoms with Gasteiger partial charge in [-0.1, -0.05) is 23.7 Å². The number of fused-ring (bicyclic) bond motifs is 1. The SMILES string of the molecule is Cc1cc2cccc(Cl)c2n1CC(=O)O. The lowest BCUT2D eigenvalue weighted by Crippen LogP contribution is -2.09. The number of rotatable bonds is 2. The number of benzene rings is 1. The smallest absolute Gasteiger partial charge is 0.323 e. The molecule has 0 atom stereocenters. The van der Waals surface area contributed by atoms with Gasteiger partial charge in [0.1, 0.15) is 6.54 Å². The van der Waals surface area contributed by atoms with Gasteiger partial charge in [-0.3, -0.25) is 4.79 Å². The predicted molar refractivity (Wildman–Crippen MR) is 59.3 cm³/mol. The van der Waals surface area contributed by atoms with Crippen molar-refractivity contribution in [1.29, 1.82) is 0 Å². The number of carboxylic acid groups (broad SMARTS) is 1. The molecule has 0 spiro atoms. The topological polar surface area (TPSA) is 42.2 Å². The lowest BCUT2D eigenvalue weighted by Gasteiger charge is -2.05. The Kier molecular flexibility index (Phi) is 2.40. The fraction of sp³-hybridized carbons (Fsp3) is 0.182. The minimum atomic E-state index is -0.865. The van der Waals surface area contributed by atoms with E-state index in [0.29, 0.717) is 5.02 Å². The maximum absolute atomic E-state index is 10.7. The molecule has 1 aromatic carbocycles. The van der Waals surface area contributed by atoms with E-state index in [1.165, 1.54) is 0 Å². The molecule has 3 nitrogen and oxygen atoms in total. The molecule has 2 rings (SSSR count). The van der Waals surface area contributed by atoms with Crippen LogP contribution in [0.3, 0.4) is 0 Å². The van der Waals surface area contributed by atoms with Gasteiger partial charge in [0.15, 0.2) is 0 Å². The molecule has 0 aliphatic rings. The molecule has 4 heteroatoms. The zero-order valence-corrected chi connectivity index (χ0v) is 8.95. The first-order valence-corrected chi connectivity index (χ1v) is 4.93. The summed E-state index contributed by atoms with van der Waals surface area (Å²) < 4.78 is 1.71. The predicted octanol–water partition coefficient (Wildman–Crippen LogP) is 2.69. The quantitative estimate of drug-likeness (QED) is 0.851. The Bertz CT molecular complexity index is 531. The Morgan fingerprint density at radius 3 is 2.93 bits per heavy atom. The van der Waals surface area contributed by atoms with Gasteiger partial charge in [-0.2, -0.15) is 0 Å². The summed E-state index contributed by atoms with van der Waals surface area (Å²) in [7, 11) is 0. The summed E-state index contributed by atoms with van der Waals surface area (Å²) in [5, 5.41) is 10.4. The first-order chi connectivity index (χ1) is 7.09. The zero-order chi connectivity index (χ0) is 11.0. The van der Waals surface area contributed by atoms with E-state index in [9.17, 15) is 4.79 Å². The molecular weight excluding hydrogens is 214 g/mol. The fourth-order valence-electron chi connectivity index (χ4n) is 1.75. The summed E-state index contributed by atoms with van der Waals surface area (Å²) in [6.07, 6.45) is 0. The van der Waals surface area contributed by atoms with Crippen LogP contribution in [-0.2, 0) is 11.3 Å². The van der Waals surface area contributed by atoms with Gasteiger partial charge in [0.05, 0.1) is 10.5 Å². The van der Waals surface area contributed by atoms with Crippen molar-refractivity contribution in [3.63, 3.8) is 0 Å². The summed E-state index contributed by atoms with van der Waals surface area (Å²) in [5.41, 5.74) is 1.69. The van der Waals surface area contributed by atoms with E-state index >= 15 is 0 Å². The molecule has 0 aliphatic carbocycles. The number of nitrogens with zero attached hydrogens (tertiary/aromatic N) is 1. The van der Waals surface area contributed by atoms with Crippen molar-refractivity contribution in [1.82, 2.24) is 4.57 Å². The van der Waals surface area contributed by atoms with Crippen molar-refractivity contribution < 1.29 is 9.90 Å². The summed E-state index contributed by atoms with van der Waals surface area (Å²) in [4.78, 5) is 10.7. The largest absolute Gasteiger partial charge is 0.480 e. The van der Waals surface area contributed by atoms with Crippen LogP contribution in [-0.4, -0.2) is 15.6 Å². The highest BCUT2D eigenvalue weighted by molar-refractivity contribution is 6.35. The molecule has 0 saturated heterocycles. The van der Waals surface area contributed by atoms with E-state index in [0.717, 1.165) is 16.6 Å². The molecule has 0 bridgehead atoms. The van der Waals surface area contributed by atoms with E-state index in [-0.39, 0.29) is 6.54 Å². The van der Waals surface area contributed by atoms with Gasteiger partial charge in [0.2, 0.25) is 0 Å². The first kappa shape index (κ1) is 10.1. The maximum Gasteiger partial charge on any atom is 0.323 e. The van der Waals surface area contributed by atoms with Crippen LogP contribution in [0, 0.1) is 6.92 Å². The van der Waals surface area contributed by atoms with Gasteiger partial charge < -0.3 is 9.67 Å². The molecule has 2 aromatic rings. The van der Waals surface area contributed by atoms with Crippen LogP contribution in [0.4, 0.5) is 0 Å². The third kappa shape index (κ3) is 1.70. The van der Waals surface area contributed by atoms with E-state index in [1.807, 2.05) is 25.1 Å². The van der Waals surface area contributed by atoms with Gasteiger partial charge in [0, 0.05) is 11.1 Å². The molecule has 0 radical (unpaired) electrons. The van der Waals surface area contributed by atoms with E-state index in [2.05, 4.69) is 0 Å². The van der Waals surface area contributed by atoms with Gasteiger partial charge >= 0.3 is 5.97 Å². The van der Waals surface area contributed by atoms with Crippen molar-refractivity contribution in [3.8, 4) is 0 Å². The second-order valence-corrected chi connectivity index (χ2v) is 3.85. The highest BCUT2D eigenvalue weighted by atomic mass is 35.5. The van der Waals surface area contributed by atoms with Gasteiger partial charge in [-0.25, -0.2) is 0 Å². The summed E-state index contributed by atoms with van der Waals surface area (Å²) in [5.74, 6) is -0.865. The van der Waals surface area contributed by atoms with Crippen molar-refractivity contribution >= 4 is 28.5 Å². The minimum absolute atomic E-state index is 0.0565. The van der Waals surface area contributed by atoms with E-state index in [4.69, 9.17) is 16.7 Å². The molecule has 0 aliphatic heterocycles. The summed E-state index contributed by atoms with van der Waals surface area (Å²) in [6, 6.07) is 7.48. The third-order valence-corrected chi connectivity index (χ3v) is 2.68. The zero-order valence-electron chi connectivity index (χ0n) is 8.20. The van der Waals surface area contributed by atoms with E-state index in [1.54, 1.807) is 10.6 Å². The van der Waals surface area contributed by atoms with Crippen LogP contribution < -0.4 is 0 Å². The Labute approximate surface area is 91.9 Å². The Hall–Kier alpha value is -1.48. The van der Waals surface area contributed by atoms with Crippen LogP contribution in [0.5, 0.6) is 0 Å². The highest BCUT2D eigenvalue weighted by Crippen LogP contribution is 2.26. The molecule has 0 saturated carbocycles. The number of hydrogen-bond acceptors (Lipinski definition) is 1. The third-order valence-electron chi connectivity index (χ3n) is 2.37. The number of hydrogen-bond donors (Lipinski definition) is 1. The van der Waals surface area contributed by atoms with Crippen LogP contribution in [0.15, 0.2) is 24.3 Å². The Morgan fingerprint density at radius 2 is 2.27 bits per heavy atom. The first-order valence-electron chi connectivity index (χ1n) is 4.56. The molecule has 0 fully saturated rings. The normalized spacial score (nSPS) is 10.8. The van der Waals surface area contributed by atoms with Crippen LogP contribution >= 0.6 is 11.6 Å². The molecule has 0 unspecified atom stereocenters. The molecular formula is C11H10ClNO2. The minimum Gasteiger partial charge on any atom is -0.480 e. The van der Waals surface area contributed by atoms with E-state index < -0.39 is 5.97 Å². The average Bonchev–Trinajstić information content (AvgIpc) is 2.43. The number of aromatic nitrogens is 1. The standard InChI is InChI=1S/C11H10ClNO2/c1-7-5-8-3-2-4-9(12)11(8)13(7)6-10(14)15/h2-5H,6H2,1H3,(H,14,15). The Balaban J connectivity index is 2.71. The van der Waals surface area contributed by atoms with Gasteiger partial charge in [-0.05, 0) is 19.1 Å². The molecule has 15 heavy (non-hydrogen) atoms. The molecule has 1 aromatic heterocycles. The Morgan fingerprint density at radius 1 is 1.53 bits per heavy atom. The molecule has 78 valence electrons. The highest BCUT2D eigenvalue weighted by Gasteiger charge is 2.10. The number of para-hydroxylation sites is 1. The average molecular weight is 224 g/mol. The molecule has 0 amide bonds. The molecule has 1 N–H and O–H groups in total. The fourth-order valence-corrected chi connectivity index (χ4v) is 2.04. The summed E-state index contributed by atoms with van der Waals surface area (Å²) >= 11 is 6.05. The van der Waals surface area contributed by atoms with Crippen molar-refractivity contribution in [2.45, 2.75) is 13.5 Å². The van der Waals surface area contributed by atoms with Crippen molar-refractivity contribution in [3.05, 3.63) is 35.0 Å². The number of carbonyl (C=O) groups is 1. The van der Waals surface area contributed by atoms with Gasteiger partial charge in [0.25, 0.3) is 0 Å². The number of carboxylic acids is 1. The van der Waals surface area contributed by atoms with Crippen LogP contribution in [0.2, 0.25) is 5.02 Å². The van der Waals surface area contributed by atoms with Crippen LogP contribution in [0.1, 0.15) is 5.69 Å². The monoisotopic (exact) mass is 223 g/mol. The lowest BCUT2D eigenvalue weighted by atomic mass is 10.2. The number of aryl methyl sites for hydroxylation is 1.